The third kappa shape index (κ3) is 4.18. The fraction of sp³-hybridized carbons (Fsp3) is 0.273. The summed E-state index contributed by atoms with van der Waals surface area (Å²) in [7, 11) is 0. The van der Waals surface area contributed by atoms with Crippen LogP contribution >= 0.6 is 11.3 Å². The molecule has 7 nitrogen and oxygen atoms in total. The van der Waals surface area contributed by atoms with E-state index in [0.717, 1.165) is 0 Å². The van der Waals surface area contributed by atoms with E-state index in [1.165, 1.54) is 16.2 Å². The Bertz CT molecular complexity index is 989. The minimum absolute atomic E-state index is 0.0239. The molecule has 4 amide bonds. The Morgan fingerprint density at radius 1 is 0.967 bits per heavy atom. The van der Waals surface area contributed by atoms with Crippen LogP contribution in [0.5, 0.6) is 0 Å². The van der Waals surface area contributed by atoms with Gasteiger partial charge in [-0.05, 0) is 42.5 Å². The molecule has 8 heteroatoms. The smallest absolute Gasteiger partial charge is 0.265 e. The van der Waals surface area contributed by atoms with Crippen molar-refractivity contribution in [1.29, 1.82) is 0 Å². The van der Waals surface area contributed by atoms with E-state index in [9.17, 15) is 19.2 Å². The van der Waals surface area contributed by atoms with Crippen molar-refractivity contribution in [2.24, 2.45) is 11.8 Å². The Labute approximate surface area is 177 Å². The maximum Gasteiger partial charge on any atom is 0.265 e. The van der Waals surface area contributed by atoms with E-state index < -0.39 is 0 Å². The predicted octanol–water partition coefficient (Wildman–Crippen LogP) is 3.28. The summed E-state index contributed by atoms with van der Waals surface area (Å²) in [6.45, 7) is 0.0747. The number of thiophene rings is 1. The second-order valence-electron chi connectivity index (χ2n) is 7.29. The van der Waals surface area contributed by atoms with Gasteiger partial charge in [0.05, 0.1) is 16.7 Å². The number of benzene rings is 1. The molecule has 0 unspecified atom stereocenters. The monoisotopic (exact) mass is 423 g/mol. The molecule has 0 saturated carbocycles. The lowest BCUT2D eigenvalue weighted by Gasteiger charge is -2.14. The first-order valence-electron chi connectivity index (χ1n) is 9.78. The molecule has 30 heavy (non-hydrogen) atoms. The van der Waals surface area contributed by atoms with E-state index in [1.54, 1.807) is 36.4 Å². The molecular formula is C22H21N3O4S. The number of rotatable bonds is 6. The van der Waals surface area contributed by atoms with Crippen LogP contribution in [0.1, 0.15) is 28.9 Å². The zero-order valence-corrected chi connectivity index (χ0v) is 17.0. The highest BCUT2D eigenvalue weighted by molar-refractivity contribution is 7.12. The molecular weight excluding hydrogens is 402 g/mol. The topological polar surface area (TPSA) is 95.6 Å². The molecule has 1 saturated heterocycles. The third-order valence-corrected chi connectivity index (χ3v) is 6.18. The lowest BCUT2D eigenvalue weighted by atomic mass is 9.85. The van der Waals surface area contributed by atoms with Crippen molar-refractivity contribution in [2.45, 2.75) is 19.3 Å². The van der Waals surface area contributed by atoms with Gasteiger partial charge in [0, 0.05) is 24.3 Å². The summed E-state index contributed by atoms with van der Waals surface area (Å²) >= 11 is 1.35. The van der Waals surface area contributed by atoms with Crippen LogP contribution in [0.25, 0.3) is 0 Å². The Morgan fingerprint density at radius 2 is 1.63 bits per heavy atom. The minimum Gasteiger partial charge on any atom is -0.326 e. The number of carbonyl (C=O) groups excluding carboxylic acids is 4. The summed E-state index contributed by atoms with van der Waals surface area (Å²) in [6.07, 6.45) is 5.07. The SMILES string of the molecule is O=C(CCN1C(=O)[C@H]2CC=CC[C@@H]2C1=O)Nc1cccc(NC(=O)c2cccs2)c1. The Hall–Kier alpha value is -3.26. The highest BCUT2D eigenvalue weighted by Crippen LogP contribution is 2.35. The van der Waals surface area contributed by atoms with Gasteiger partial charge in [-0.15, -0.1) is 11.3 Å². The van der Waals surface area contributed by atoms with Crippen LogP contribution in [-0.4, -0.2) is 35.1 Å². The van der Waals surface area contributed by atoms with Crippen LogP contribution in [0.15, 0.2) is 53.9 Å². The van der Waals surface area contributed by atoms with Crippen molar-refractivity contribution in [2.75, 3.05) is 17.2 Å². The van der Waals surface area contributed by atoms with Crippen molar-refractivity contribution >= 4 is 46.3 Å². The van der Waals surface area contributed by atoms with E-state index in [0.29, 0.717) is 29.1 Å². The number of carbonyl (C=O) groups is 4. The van der Waals surface area contributed by atoms with Crippen molar-refractivity contribution < 1.29 is 19.2 Å². The second kappa shape index (κ2) is 8.62. The Kier molecular flexibility index (Phi) is 5.76. The molecule has 2 N–H and O–H groups in total. The van der Waals surface area contributed by atoms with Gasteiger partial charge < -0.3 is 10.6 Å². The van der Waals surface area contributed by atoms with E-state index in [-0.39, 0.29) is 48.4 Å². The van der Waals surface area contributed by atoms with Crippen LogP contribution in [0.2, 0.25) is 0 Å². The standard InChI is InChI=1S/C22H21N3O4S/c26-19(10-11-25-21(28)16-7-1-2-8-17(16)22(25)29)23-14-5-3-6-15(13-14)24-20(27)18-9-4-12-30-18/h1-6,9,12-13,16-17H,7-8,10-11H2,(H,23,26)(H,24,27)/t16-,17-/m0/s1. The molecule has 0 bridgehead atoms. The van der Waals surface area contributed by atoms with Crippen molar-refractivity contribution in [3.8, 4) is 0 Å². The summed E-state index contributed by atoms with van der Waals surface area (Å²) in [5.74, 6) is -1.44. The van der Waals surface area contributed by atoms with Crippen LogP contribution in [0, 0.1) is 11.8 Å². The van der Waals surface area contributed by atoms with Crippen LogP contribution in [-0.2, 0) is 14.4 Å². The normalized spacial score (nSPS) is 20.2. The van der Waals surface area contributed by atoms with E-state index in [4.69, 9.17) is 0 Å². The number of nitrogens with zero attached hydrogens (tertiary/aromatic N) is 1. The van der Waals surface area contributed by atoms with E-state index >= 15 is 0 Å². The second-order valence-corrected chi connectivity index (χ2v) is 8.24. The van der Waals surface area contributed by atoms with Gasteiger partial charge in [-0.2, -0.15) is 0 Å². The summed E-state index contributed by atoms with van der Waals surface area (Å²) in [5, 5.41) is 7.38. The van der Waals surface area contributed by atoms with Crippen LogP contribution in [0.4, 0.5) is 11.4 Å². The number of likely N-dealkylation sites (tertiary alicyclic amines) is 1. The van der Waals surface area contributed by atoms with Gasteiger partial charge in [-0.1, -0.05) is 24.3 Å². The van der Waals surface area contributed by atoms with Gasteiger partial charge in [-0.3, -0.25) is 24.1 Å². The lowest BCUT2D eigenvalue weighted by molar-refractivity contribution is -0.140. The number of hydrogen-bond donors (Lipinski definition) is 2. The summed E-state index contributed by atoms with van der Waals surface area (Å²) < 4.78 is 0. The van der Waals surface area contributed by atoms with Gasteiger partial charge in [-0.25, -0.2) is 0 Å². The molecule has 1 aromatic heterocycles. The lowest BCUT2D eigenvalue weighted by Crippen LogP contribution is -2.34. The number of allylic oxidation sites excluding steroid dienone is 2. The molecule has 1 aliphatic carbocycles. The molecule has 2 aliphatic rings. The number of anilines is 2. The number of amides is 4. The quantitative estimate of drug-likeness (QED) is 0.551. The van der Waals surface area contributed by atoms with Crippen molar-refractivity contribution in [3.63, 3.8) is 0 Å². The number of fused-ring (bicyclic) bond motifs is 1. The third-order valence-electron chi connectivity index (χ3n) is 5.31. The largest absolute Gasteiger partial charge is 0.326 e. The molecule has 2 heterocycles. The van der Waals surface area contributed by atoms with Crippen molar-refractivity contribution in [1.82, 2.24) is 4.90 Å². The molecule has 1 aromatic carbocycles. The van der Waals surface area contributed by atoms with Crippen molar-refractivity contribution in [3.05, 3.63) is 58.8 Å². The zero-order chi connectivity index (χ0) is 21.1. The maximum atomic E-state index is 12.5. The van der Waals surface area contributed by atoms with Gasteiger partial charge >= 0.3 is 0 Å². The minimum atomic E-state index is -0.301. The fourth-order valence-electron chi connectivity index (χ4n) is 3.80. The molecule has 4 rings (SSSR count). The maximum absolute atomic E-state index is 12.5. The molecule has 154 valence electrons. The van der Waals surface area contributed by atoms with Crippen LogP contribution in [0.3, 0.4) is 0 Å². The first-order valence-corrected chi connectivity index (χ1v) is 10.7. The molecule has 0 spiro atoms. The number of hydrogen-bond acceptors (Lipinski definition) is 5. The number of nitrogens with one attached hydrogen (secondary N) is 2. The Balaban J connectivity index is 1.32. The molecule has 1 aliphatic heterocycles. The molecule has 2 atom stereocenters. The number of imide groups is 1. The fourth-order valence-corrected chi connectivity index (χ4v) is 4.42. The molecule has 0 radical (unpaired) electrons. The summed E-state index contributed by atoms with van der Waals surface area (Å²) in [4.78, 5) is 51.3. The summed E-state index contributed by atoms with van der Waals surface area (Å²) in [6, 6.07) is 10.4. The highest BCUT2D eigenvalue weighted by atomic mass is 32.1. The Morgan fingerprint density at radius 3 is 2.27 bits per heavy atom. The van der Waals surface area contributed by atoms with E-state index in [1.807, 2.05) is 17.5 Å². The molecule has 2 aromatic rings. The average Bonchev–Trinajstić information content (AvgIpc) is 3.36. The first kappa shape index (κ1) is 20.0. The van der Waals surface area contributed by atoms with Gasteiger partial charge in [0.15, 0.2) is 0 Å². The zero-order valence-electron chi connectivity index (χ0n) is 16.2. The van der Waals surface area contributed by atoms with E-state index in [2.05, 4.69) is 10.6 Å². The summed E-state index contributed by atoms with van der Waals surface area (Å²) in [5.41, 5.74) is 1.09. The molecule has 1 fully saturated rings. The average molecular weight is 423 g/mol. The predicted molar refractivity (Wildman–Crippen MR) is 114 cm³/mol. The van der Waals surface area contributed by atoms with Gasteiger partial charge in [0.1, 0.15) is 0 Å². The van der Waals surface area contributed by atoms with Crippen LogP contribution < -0.4 is 10.6 Å². The van der Waals surface area contributed by atoms with Gasteiger partial charge in [0.2, 0.25) is 17.7 Å². The van der Waals surface area contributed by atoms with Gasteiger partial charge in [0.25, 0.3) is 5.91 Å². The highest BCUT2D eigenvalue weighted by Gasteiger charge is 2.46. The first-order chi connectivity index (χ1) is 14.5.